The van der Waals surface area contributed by atoms with E-state index < -0.39 is 24.8 Å². The van der Waals surface area contributed by atoms with Crippen molar-refractivity contribution < 1.29 is 22.7 Å². The summed E-state index contributed by atoms with van der Waals surface area (Å²) in [7, 11) is 0. The number of hydrogen-bond donors (Lipinski definition) is 1. The predicted molar refractivity (Wildman–Crippen MR) is 61.6 cm³/mol. The van der Waals surface area contributed by atoms with Crippen molar-refractivity contribution in [1.29, 1.82) is 0 Å². The van der Waals surface area contributed by atoms with Crippen LogP contribution in [0, 0.1) is 0 Å². The maximum atomic E-state index is 11.9. The van der Waals surface area contributed by atoms with Gasteiger partial charge in [0.2, 0.25) is 0 Å². The van der Waals surface area contributed by atoms with Crippen LogP contribution >= 0.6 is 11.6 Å². The summed E-state index contributed by atoms with van der Waals surface area (Å²) in [5.74, 6) is -0.688. The number of amides is 1. The molecule has 1 rings (SSSR count). The van der Waals surface area contributed by atoms with Gasteiger partial charge in [-0.1, -0.05) is 23.7 Å². The van der Waals surface area contributed by atoms with Crippen molar-refractivity contribution in [3.8, 4) is 0 Å². The van der Waals surface area contributed by atoms with Gasteiger partial charge in [0.25, 0.3) is 5.91 Å². The lowest BCUT2D eigenvalue weighted by atomic mass is 10.3. The molecule has 0 heterocycles. The van der Waals surface area contributed by atoms with E-state index in [9.17, 15) is 18.0 Å². The zero-order chi connectivity index (χ0) is 13.8. The molecule has 0 radical (unpaired) electrons. The second kappa shape index (κ2) is 6.06. The first kappa shape index (κ1) is 14.8. The molecule has 0 spiro atoms. The molecular formula is C11H11ClF3NO2. The fourth-order valence-corrected chi connectivity index (χ4v) is 1.28. The second-order valence-electron chi connectivity index (χ2n) is 3.54. The summed E-state index contributed by atoms with van der Waals surface area (Å²) >= 11 is 5.79. The van der Waals surface area contributed by atoms with Crippen LogP contribution in [0.25, 0.3) is 0 Å². The number of benzene rings is 1. The average Bonchev–Trinajstić information content (AvgIpc) is 2.28. The van der Waals surface area contributed by atoms with E-state index in [1.165, 1.54) is 13.0 Å². The summed E-state index contributed by atoms with van der Waals surface area (Å²) in [5.41, 5.74) is 0.326. The van der Waals surface area contributed by atoms with Gasteiger partial charge in [0.05, 0.1) is 10.7 Å². The molecule has 0 aliphatic heterocycles. The molecule has 0 unspecified atom stereocenters. The molecule has 0 aliphatic carbocycles. The zero-order valence-electron chi connectivity index (χ0n) is 9.42. The summed E-state index contributed by atoms with van der Waals surface area (Å²) in [6, 6.07) is 6.40. The smallest absolute Gasteiger partial charge is 0.359 e. The quantitative estimate of drug-likeness (QED) is 0.920. The molecule has 1 N–H and O–H groups in total. The van der Waals surface area contributed by atoms with Gasteiger partial charge in [-0.3, -0.25) is 4.79 Å². The van der Waals surface area contributed by atoms with Crippen molar-refractivity contribution in [2.75, 3.05) is 11.9 Å². The van der Waals surface area contributed by atoms with E-state index in [1.54, 1.807) is 18.2 Å². The monoisotopic (exact) mass is 281 g/mol. The molecule has 1 aromatic rings. The van der Waals surface area contributed by atoms with Gasteiger partial charge in [0.1, 0.15) is 12.7 Å². The third kappa shape index (κ3) is 4.93. The highest BCUT2D eigenvalue weighted by Crippen LogP contribution is 2.21. The highest BCUT2D eigenvalue weighted by Gasteiger charge is 2.29. The number of nitrogens with one attached hydrogen (secondary N) is 1. The summed E-state index contributed by atoms with van der Waals surface area (Å²) < 4.78 is 40.1. The molecule has 1 aromatic carbocycles. The summed E-state index contributed by atoms with van der Waals surface area (Å²) in [6.07, 6.45) is -5.68. The lowest BCUT2D eigenvalue weighted by molar-refractivity contribution is -0.184. The number of hydrogen-bond acceptors (Lipinski definition) is 2. The van der Waals surface area contributed by atoms with Gasteiger partial charge in [-0.2, -0.15) is 13.2 Å². The summed E-state index contributed by atoms with van der Waals surface area (Å²) in [6.45, 7) is -0.234. The molecule has 0 fully saturated rings. The van der Waals surface area contributed by atoms with Crippen LogP contribution in [0.1, 0.15) is 6.92 Å². The standard InChI is InChI=1S/C11H11ClF3NO2/c1-7(18-6-11(13,14)15)10(17)16-9-5-3-2-4-8(9)12/h2-5,7H,6H2,1H3,(H,16,17)/t7-/m0/s1. The highest BCUT2D eigenvalue weighted by molar-refractivity contribution is 6.33. The fraction of sp³-hybridized carbons (Fsp3) is 0.364. The Kier molecular flexibility index (Phi) is 4.98. The highest BCUT2D eigenvalue weighted by atomic mass is 35.5. The zero-order valence-corrected chi connectivity index (χ0v) is 10.2. The van der Waals surface area contributed by atoms with E-state index in [0.717, 1.165) is 0 Å². The Labute approximate surface area is 107 Å². The van der Waals surface area contributed by atoms with Gasteiger partial charge >= 0.3 is 6.18 Å². The van der Waals surface area contributed by atoms with Crippen molar-refractivity contribution in [2.45, 2.75) is 19.2 Å². The molecule has 0 aliphatic rings. The molecule has 0 saturated carbocycles. The lowest BCUT2D eigenvalue weighted by Crippen LogP contribution is -2.31. The lowest BCUT2D eigenvalue weighted by Gasteiger charge is -2.15. The number of ether oxygens (including phenoxy) is 1. The normalized spacial score (nSPS) is 13.2. The Morgan fingerprint density at radius 2 is 2.06 bits per heavy atom. The van der Waals surface area contributed by atoms with Crippen molar-refractivity contribution in [3.63, 3.8) is 0 Å². The molecule has 7 heteroatoms. The fourth-order valence-electron chi connectivity index (χ4n) is 1.09. The largest absolute Gasteiger partial charge is 0.411 e. The minimum Gasteiger partial charge on any atom is -0.359 e. The van der Waals surface area contributed by atoms with Crippen molar-refractivity contribution >= 4 is 23.2 Å². The van der Waals surface area contributed by atoms with Crippen LogP contribution in [0.3, 0.4) is 0 Å². The van der Waals surface area contributed by atoms with Gasteiger partial charge in [-0.25, -0.2) is 0 Å². The maximum absolute atomic E-state index is 11.9. The van der Waals surface area contributed by atoms with Gasteiger partial charge in [-0.05, 0) is 19.1 Å². The minimum atomic E-state index is -4.46. The minimum absolute atomic E-state index is 0.300. The first-order valence-corrected chi connectivity index (χ1v) is 5.41. The number of alkyl halides is 3. The Hall–Kier alpha value is -1.27. The first-order chi connectivity index (χ1) is 8.29. The van der Waals surface area contributed by atoms with E-state index in [0.29, 0.717) is 10.7 Å². The van der Waals surface area contributed by atoms with Crippen molar-refractivity contribution in [2.24, 2.45) is 0 Å². The Morgan fingerprint density at radius 1 is 1.44 bits per heavy atom. The predicted octanol–water partition coefficient (Wildman–Crippen LogP) is 3.25. The van der Waals surface area contributed by atoms with E-state index in [-0.39, 0.29) is 0 Å². The number of anilines is 1. The molecular weight excluding hydrogens is 271 g/mol. The first-order valence-electron chi connectivity index (χ1n) is 5.03. The van der Waals surface area contributed by atoms with Crippen molar-refractivity contribution in [1.82, 2.24) is 0 Å². The second-order valence-corrected chi connectivity index (χ2v) is 3.94. The Morgan fingerprint density at radius 3 is 2.61 bits per heavy atom. The van der Waals surface area contributed by atoms with Gasteiger partial charge in [0, 0.05) is 0 Å². The molecule has 18 heavy (non-hydrogen) atoms. The van der Waals surface area contributed by atoms with E-state index in [1.807, 2.05) is 0 Å². The molecule has 0 bridgehead atoms. The van der Waals surface area contributed by atoms with Crippen LogP contribution in [0.4, 0.5) is 18.9 Å². The van der Waals surface area contributed by atoms with Gasteiger partial charge in [0.15, 0.2) is 0 Å². The summed E-state index contributed by atoms with van der Waals surface area (Å²) in [5, 5.41) is 2.68. The van der Waals surface area contributed by atoms with E-state index in [4.69, 9.17) is 11.6 Å². The van der Waals surface area contributed by atoms with Gasteiger partial charge < -0.3 is 10.1 Å². The molecule has 3 nitrogen and oxygen atoms in total. The van der Waals surface area contributed by atoms with E-state index in [2.05, 4.69) is 10.1 Å². The average molecular weight is 282 g/mol. The maximum Gasteiger partial charge on any atom is 0.411 e. The van der Waals surface area contributed by atoms with Crippen LogP contribution in [0.5, 0.6) is 0 Å². The van der Waals surface area contributed by atoms with Crippen LogP contribution < -0.4 is 5.32 Å². The topological polar surface area (TPSA) is 38.3 Å². The third-order valence-corrected chi connectivity index (χ3v) is 2.33. The Balaban J connectivity index is 2.53. The third-order valence-electron chi connectivity index (χ3n) is 2.00. The Bertz CT molecular complexity index is 423. The number of halogens is 4. The van der Waals surface area contributed by atoms with Crippen molar-refractivity contribution in [3.05, 3.63) is 29.3 Å². The molecule has 1 amide bonds. The van der Waals surface area contributed by atoms with Gasteiger partial charge in [-0.15, -0.1) is 0 Å². The van der Waals surface area contributed by atoms with Crippen LogP contribution in [0.2, 0.25) is 5.02 Å². The number of carbonyl (C=O) groups excluding carboxylic acids is 1. The van der Waals surface area contributed by atoms with E-state index >= 15 is 0 Å². The molecule has 100 valence electrons. The molecule has 0 aromatic heterocycles. The SMILES string of the molecule is C[C@H](OCC(F)(F)F)C(=O)Nc1ccccc1Cl. The molecule has 1 atom stereocenters. The number of para-hydroxylation sites is 1. The number of carbonyl (C=O) groups is 1. The molecule has 0 saturated heterocycles. The van der Waals surface area contributed by atoms with Crippen LogP contribution in [0.15, 0.2) is 24.3 Å². The van der Waals surface area contributed by atoms with Crippen LogP contribution in [-0.4, -0.2) is 24.8 Å². The number of rotatable bonds is 4. The summed E-state index contributed by atoms with van der Waals surface area (Å²) in [4.78, 5) is 11.5. The van der Waals surface area contributed by atoms with Crippen LogP contribution in [-0.2, 0) is 9.53 Å².